The van der Waals surface area contributed by atoms with Gasteiger partial charge in [0, 0.05) is 30.8 Å². The van der Waals surface area contributed by atoms with Crippen LogP contribution in [0.2, 0.25) is 0 Å². The number of carbonyl (C=O) groups is 1. The molecule has 2 heterocycles. The predicted molar refractivity (Wildman–Crippen MR) is 181 cm³/mol. The highest BCUT2D eigenvalue weighted by Gasteiger charge is 2.32. The van der Waals surface area contributed by atoms with Crippen LogP contribution in [0.15, 0.2) is 107 Å². The molecule has 0 bridgehead atoms. The number of aromatic nitrogens is 2. The molecule has 46 heavy (non-hydrogen) atoms. The van der Waals surface area contributed by atoms with E-state index in [4.69, 9.17) is 9.47 Å². The van der Waals surface area contributed by atoms with Gasteiger partial charge in [-0.05, 0) is 52.4 Å². The summed E-state index contributed by atoms with van der Waals surface area (Å²) in [6, 6.07) is 33.9. The van der Waals surface area contributed by atoms with E-state index in [9.17, 15) is 9.90 Å². The first kappa shape index (κ1) is 31.9. The number of hydrogen-bond donors (Lipinski definition) is 3. The van der Waals surface area contributed by atoms with Crippen molar-refractivity contribution < 1.29 is 19.4 Å². The van der Waals surface area contributed by atoms with Crippen molar-refractivity contribution in [3.8, 4) is 11.1 Å². The lowest BCUT2D eigenvalue weighted by Gasteiger charge is -2.36. The average molecular weight is 653 g/mol. The Morgan fingerprint density at radius 3 is 2.28 bits per heavy atom. The number of ether oxygens (including phenoxy) is 2. The molecule has 0 unspecified atom stereocenters. The standard InChI is InChI=1S/C36H36N4O4S2/c1-24-39-40-36(46-24)45-23-32-19-33(28-15-13-26(22-41)14-16-28)44-34(43-32)31-12-6-11-30(18-31)29-10-5-9-27(17-29)21-38-35(42)37-20-25-7-3-2-4-8-25/h2-18,32-34,41H,19-23H2,1H3,(H2,37,38,42)/t32-,33+,34+/m1/s1. The molecule has 1 saturated heterocycles. The van der Waals surface area contributed by atoms with Gasteiger partial charge in [0.05, 0.1) is 18.8 Å². The molecule has 2 amide bonds. The zero-order valence-corrected chi connectivity index (χ0v) is 27.1. The summed E-state index contributed by atoms with van der Waals surface area (Å²) in [5, 5.41) is 24.7. The Balaban J connectivity index is 1.15. The van der Waals surface area contributed by atoms with Crippen LogP contribution in [-0.4, -0.2) is 33.2 Å². The van der Waals surface area contributed by atoms with Crippen molar-refractivity contribution in [1.29, 1.82) is 0 Å². The van der Waals surface area contributed by atoms with Gasteiger partial charge in [0.15, 0.2) is 10.6 Å². The molecule has 8 nitrogen and oxygen atoms in total. The van der Waals surface area contributed by atoms with Crippen LogP contribution in [0.1, 0.15) is 51.6 Å². The van der Waals surface area contributed by atoms with Crippen molar-refractivity contribution in [2.45, 2.75) is 55.9 Å². The van der Waals surface area contributed by atoms with Gasteiger partial charge in [-0.3, -0.25) is 0 Å². The molecule has 0 saturated carbocycles. The number of amides is 2. The Labute approximate surface area is 277 Å². The molecule has 1 fully saturated rings. The summed E-state index contributed by atoms with van der Waals surface area (Å²) in [6.07, 6.45) is -0.0926. The summed E-state index contributed by atoms with van der Waals surface area (Å²) in [4.78, 5) is 12.4. The third kappa shape index (κ3) is 8.60. The maximum atomic E-state index is 12.4. The number of rotatable bonds is 11. The minimum Gasteiger partial charge on any atom is -0.392 e. The zero-order chi connectivity index (χ0) is 31.7. The molecule has 5 aromatic rings. The van der Waals surface area contributed by atoms with E-state index in [1.54, 1.807) is 23.1 Å². The third-order valence-electron chi connectivity index (χ3n) is 7.68. The van der Waals surface area contributed by atoms with E-state index < -0.39 is 6.29 Å². The molecular weight excluding hydrogens is 617 g/mol. The number of nitrogens with one attached hydrogen (secondary N) is 2. The van der Waals surface area contributed by atoms with E-state index in [2.05, 4.69) is 45.1 Å². The van der Waals surface area contributed by atoms with E-state index in [0.29, 0.717) is 19.5 Å². The summed E-state index contributed by atoms with van der Waals surface area (Å²) in [6.45, 7) is 2.84. The Morgan fingerprint density at radius 2 is 1.54 bits per heavy atom. The number of aliphatic hydroxyl groups excluding tert-OH is 1. The van der Waals surface area contributed by atoms with E-state index >= 15 is 0 Å². The summed E-state index contributed by atoms with van der Waals surface area (Å²) in [5.41, 5.74) is 6.97. The number of nitrogens with zero attached hydrogens (tertiary/aromatic N) is 2. The predicted octanol–water partition coefficient (Wildman–Crippen LogP) is 7.34. The fourth-order valence-corrected chi connectivity index (χ4v) is 7.13. The number of aryl methyl sites for hydroxylation is 1. The van der Waals surface area contributed by atoms with E-state index in [-0.39, 0.29) is 24.8 Å². The van der Waals surface area contributed by atoms with Crippen molar-refractivity contribution in [2.75, 3.05) is 5.75 Å². The quantitative estimate of drug-likeness (QED) is 0.128. The van der Waals surface area contributed by atoms with Gasteiger partial charge in [0.1, 0.15) is 5.01 Å². The first-order valence-corrected chi connectivity index (χ1v) is 17.0. The van der Waals surface area contributed by atoms with Gasteiger partial charge in [-0.25, -0.2) is 4.79 Å². The molecule has 3 N–H and O–H groups in total. The second kappa shape index (κ2) is 15.5. The molecule has 0 aliphatic carbocycles. The molecule has 1 aliphatic rings. The highest BCUT2D eigenvalue weighted by Crippen LogP contribution is 2.40. The smallest absolute Gasteiger partial charge is 0.315 e. The Bertz CT molecular complexity index is 1730. The normalized spacial score (nSPS) is 17.8. The van der Waals surface area contributed by atoms with Gasteiger partial charge in [-0.1, -0.05) is 114 Å². The van der Waals surface area contributed by atoms with E-state index in [1.165, 1.54) is 0 Å². The summed E-state index contributed by atoms with van der Waals surface area (Å²) in [7, 11) is 0. The lowest BCUT2D eigenvalue weighted by Crippen LogP contribution is -2.34. The minimum absolute atomic E-state index is 0.00355. The molecule has 1 aromatic heterocycles. The molecule has 0 spiro atoms. The van der Waals surface area contributed by atoms with Crippen molar-refractivity contribution in [2.24, 2.45) is 0 Å². The second-order valence-corrected chi connectivity index (χ2v) is 13.5. The van der Waals surface area contributed by atoms with Gasteiger partial charge in [0.2, 0.25) is 0 Å². The molecule has 10 heteroatoms. The SMILES string of the molecule is Cc1nnc(SC[C@H]2C[C@@H](c3ccc(CO)cc3)O[C@@H](c3cccc(-c4cccc(CNC(=O)NCc5ccccc5)c4)c3)O2)s1. The summed E-state index contributed by atoms with van der Waals surface area (Å²) >= 11 is 3.24. The van der Waals surface area contributed by atoms with Crippen molar-refractivity contribution in [3.63, 3.8) is 0 Å². The van der Waals surface area contributed by atoms with Crippen LogP contribution < -0.4 is 10.6 Å². The van der Waals surface area contributed by atoms with Gasteiger partial charge in [0.25, 0.3) is 0 Å². The molecule has 3 atom stereocenters. The number of thioether (sulfide) groups is 1. The van der Waals surface area contributed by atoms with Gasteiger partial charge in [-0.2, -0.15) is 0 Å². The highest BCUT2D eigenvalue weighted by atomic mass is 32.2. The fourth-order valence-electron chi connectivity index (χ4n) is 5.27. The zero-order valence-electron chi connectivity index (χ0n) is 25.5. The molecule has 6 rings (SSSR count). The van der Waals surface area contributed by atoms with Gasteiger partial charge >= 0.3 is 6.03 Å². The molecular formula is C36H36N4O4S2. The number of aliphatic hydroxyl groups is 1. The van der Waals surface area contributed by atoms with Crippen LogP contribution >= 0.6 is 23.1 Å². The van der Waals surface area contributed by atoms with Crippen molar-refractivity contribution in [1.82, 2.24) is 20.8 Å². The van der Waals surface area contributed by atoms with Crippen molar-refractivity contribution in [3.05, 3.63) is 136 Å². The van der Waals surface area contributed by atoms with Crippen LogP contribution in [0.5, 0.6) is 0 Å². The first-order chi connectivity index (χ1) is 22.5. The summed E-state index contributed by atoms with van der Waals surface area (Å²) < 4.78 is 14.1. The van der Waals surface area contributed by atoms with Gasteiger partial charge in [-0.15, -0.1) is 10.2 Å². The number of carbonyl (C=O) groups excluding carboxylic acids is 1. The summed E-state index contributed by atoms with van der Waals surface area (Å²) in [5.74, 6) is 0.730. The monoisotopic (exact) mass is 652 g/mol. The van der Waals surface area contributed by atoms with Crippen LogP contribution in [0.25, 0.3) is 11.1 Å². The van der Waals surface area contributed by atoms with E-state index in [1.807, 2.05) is 85.8 Å². The molecule has 0 radical (unpaired) electrons. The van der Waals surface area contributed by atoms with Crippen LogP contribution in [0.4, 0.5) is 4.79 Å². The maximum absolute atomic E-state index is 12.4. The second-order valence-electron chi connectivity index (χ2n) is 11.1. The fraction of sp³-hybridized carbons (Fsp3) is 0.250. The molecule has 4 aromatic carbocycles. The number of hydrogen-bond acceptors (Lipinski definition) is 8. The van der Waals surface area contributed by atoms with Crippen molar-refractivity contribution >= 4 is 29.1 Å². The van der Waals surface area contributed by atoms with Crippen LogP contribution in [0.3, 0.4) is 0 Å². The topological polar surface area (TPSA) is 106 Å². The van der Waals surface area contributed by atoms with Crippen LogP contribution in [-0.2, 0) is 29.2 Å². The average Bonchev–Trinajstić information content (AvgIpc) is 3.54. The Kier molecular flexibility index (Phi) is 10.7. The van der Waals surface area contributed by atoms with Gasteiger partial charge < -0.3 is 25.2 Å². The largest absolute Gasteiger partial charge is 0.392 e. The lowest BCUT2D eigenvalue weighted by molar-refractivity contribution is -0.245. The molecule has 1 aliphatic heterocycles. The number of urea groups is 1. The minimum atomic E-state index is -0.559. The third-order valence-corrected chi connectivity index (χ3v) is 9.79. The maximum Gasteiger partial charge on any atom is 0.315 e. The first-order valence-electron chi connectivity index (χ1n) is 15.2. The lowest BCUT2D eigenvalue weighted by atomic mass is 9.99. The highest BCUT2D eigenvalue weighted by molar-refractivity contribution is 8.01. The number of benzene rings is 4. The Hall–Kier alpha value is -4.06. The molecule has 236 valence electrons. The van der Waals surface area contributed by atoms with Crippen LogP contribution in [0, 0.1) is 6.92 Å². The Morgan fingerprint density at radius 1 is 0.826 bits per heavy atom. The van der Waals surface area contributed by atoms with E-state index in [0.717, 1.165) is 54.0 Å².